The van der Waals surface area contributed by atoms with Gasteiger partial charge in [0.2, 0.25) is 5.91 Å². The second-order valence-electron chi connectivity index (χ2n) is 5.62. The van der Waals surface area contributed by atoms with E-state index in [1.54, 1.807) is 6.20 Å². The molecule has 1 aromatic rings. The molecule has 0 saturated heterocycles. The maximum Gasteiger partial charge on any atom is 0.237 e. The van der Waals surface area contributed by atoms with E-state index in [2.05, 4.69) is 22.5 Å². The van der Waals surface area contributed by atoms with E-state index in [1.165, 1.54) is 0 Å². The van der Waals surface area contributed by atoms with Crippen LogP contribution in [0.2, 0.25) is 0 Å². The highest BCUT2D eigenvalue weighted by Gasteiger charge is 2.22. The van der Waals surface area contributed by atoms with Crippen LogP contribution in [0.15, 0.2) is 24.5 Å². The van der Waals surface area contributed by atoms with Gasteiger partial charge >= 0.3 is 0 Å². The number of rotatable bonds is 6. The Kier molecular flexibility index (Phi) is 5.48. The molecule has 4 nitrogen and oxygen atoms in total. The third-order valence-corrected chi connectivity index (χ3v) is 3.42. The Hall–Kier alpha value is -1.42. The average molecular weight is 263 g/mol. The van der Waals surface area contributed by atoms with Crippen molar-refractivity contribution >= 4 is 5.91 Å². The molecule has 1 unspecified atom stereocenters. The lowest BCUT2D eigenvalue weighted by Crippen LogP contribution is -2.51. The minimum absolute atomic E-state index is 0.0302. The maximum absolute atomic E-state index is 12.1. The number of aromatic nitrogens is 1. The van der Waals surface area contributed by atoms with Crippen molar-refractivity contribution in [3.63, 3.8) is 0 Å². The van der Waals surface area contributed by atoms with Crippen molar-refractivity contribution in [1.82, 2.24) is 15.6 Å². The van der Waals surface area contributed by atoms with Crippen molar-refractivity contribution in [3.8, 4) is 0 Å². The summed E-state index contributed by atoms with van der Waals surface area (Å²) < 4.78 is 0. The molecule has 19 heavy (non-hydrogen) atoms. The van der Waals surface area contributed by atoms with Gasteiger partial charge in [0, 0.05) is 24.0 Å². The van der Waals surface area contributed by atoms with Gasteiger partial charge in [0.25, 0.3) is 0 Å². The number of amides is 1. The first-order valence-electron chi connectivity index (χ1n) is 6.83. The van der Waals surface area contributed by atoms with Crippen LogP contribution in [0.4, 0.5) is 0 Å². The van der Waals surface area contributed by atoms with Crippen LogP contribution < -0.4 is 10.6 Å². The van der Waals surface area contributed by atoms with E-state index in [1.807, 2.05) is 46.0 Å². The minimum Gasteiger partial charge on any atom is -0.350 e. The molecule has 1 rings (SSSR count). The molecule has 0 aromatic carbocycles. The molecule has 106 valence electrons. The highest BCUT2D eigenvalue weighted by molar-refractivity contribution is 5.82. The third-order valence-electron chi connectivity index (χ3n) is 3.42. The normalized spacial score (nSPS) is 14.8. The molecule has 0 bridgehead atoms. The van der Waals surface area contributed by atoms with Crippen molar-refractivity contribution in [1.29, 1.82) is 0 Å². The van der Waals surface area contributed by atoms with E-state index in [0.29, 0.717) is 0 Å². The number of pyridine rings is 1. The summed E-state index contributed by atoms with van der Waals surface area (Å²) in [7, 11) is 0. The highest BCUT2D eigenvalue weighted by Crippen LogP contribution is 2.12. The standard InChI is InChI=1S/C15H25N3O/c1-6-15(4,5)18-14(19)12(3)17-11(2)13-8-7-9-16-10-13/h7-12,17H,6H2,1-5H3,(H,18,19)/t11-,12?/m0/s1. The largest absolute Gasteiger partial charge is 0.350 e. The first kappa shape index (κ1) is 15.6. The molecular formula is C15H25N3O. The van der Waals surface area contributed by atoms with Gasteiger partial charge in [0.1, 0.15) is 0 Å². The Morgan fingerprint density at radius 2 is 2.11 bits per heavy atom. The Morgan fingerprint density at radius 3 is 2.63 bits per heavy atom. The summed E-state index contributed by atoms with van der Waals surface area (Å²) in [4.78, 5) is 16.2. The predicted octanol–water partition coefficient (Wildman–Crippen LogP) is 2.43. The summed E-state index contributed by atoms with van der Waals surface area (Å²) in [5.41, 5.74) is 0.918. The molecule has 0 spiro atoms. The van der Waals surface area contributed by atoms with Crippen LogP contribution in [-0.4, -0.2) is 22.5 Å². The summed E-state index contributed by atoms with van der Waals surface area (Å²) in [5.74, 6) is 0.0302. The number of nitrogens with one attached hydrogen (secondary N) is 2. The lowest BCUT2D eigenvalue weighted by molar-refractivity contribution is -0.124. The predicted molar refractivity (Wildman–Crippen MR) is 77.8 cm³/mol. The van der Waals surface area contributed by atoms with Gasteiger partial charge in [-0.2, -0.15) is 0 Å². The van der Waals surface area contributed by atoms with Crippen molar-refractivity contribution in [2.45, 2.75) is 58.7 Å². The molecule has 1 heterocycles. The highest BCUT2D eigenvalue weighted by atomic mass is 16.2. The van der Waals surface area contributed by atoms with Crippen LogP contribution in [0.3, 0.4) is 0 Å². The average Bonchev–Trinajstić information content (AvgIpc) is 2.39. The summed E-state index contributed by atoms with van der Waals surface area (Å²) in [6.07, 6.45) is 4.47. The second kappa shape index (κ2) is 6.66. The van der Waals surface area contributed by atoms with E-state index in [9.17, 15) is 4.79 Å². The smallest absolute Gasteiger partial charge is 0.237 e. The zero-order valence-electron chi connectivity index (χ0n) is 12.5. The van der Waals surface area contributed by atoms with Gasteiger partial charge in [0.15, 0.2) is 0 Å². The topological polar surface area (TPSA) is 54.0 Å². The van der Waals surface area contributed by atoms with Crippen molar-refractivity contribution in [3.05, 3.63) is 30.1 Å². The zero-order valence-corrected chi connectivity index (χ0v) is 12.5. The fourth-order valence-corrected chi connectivity index (χ4v) is 1.71. The molecule has 1 aromatic heterocycles. The minimum atomic E-state index is -0.235. The summed E-state index contributed by atoms with van der Waals surface area (Å²) in [6.45, 7) is 10.0. The molecule has 0 radical (unpaired) electrons. The molecule has 0 aliphatic carbocycles. The number of hydrogen-bond donors (Lipinski definition) is 2. The maximum atomic E-state index is 12.1. The fourth-order valence-electron chi connectivity index (χ4n) is 1.71. The van der Waals surface area contributed by atoms with Gasteiger partial charge in [-0.3, -0.25) is 15.1 Å². The lowest BCUT2D eigenvalue weighted by Gasteiger charge is -2.28. The molecule has 0 saturated carbocycles. The van der Waals surface area contributed by atoms with Crippen LogP contribution >= 0.6 is 0 Å². The summed E-state index contributed by atoms with van der Waals surface area (Å²) in [5, 5.41) is 6.34. The van der Waals surface area contributed by atoms with Gasteiger partial charge in [-0.15, -0.1) is 0 Å². The Labute approximate surface area is 116 Å². The van der Waals surface area contributed by atoms with Gasteiger partial charge < -0.3 is 5.32 Å². The Morgan fingerprint density at radius 1 is 1.42 bits per heavy atom. The SMILES string of the molecule is CCC(C)(C)NC(=O)C(C)N[C@@H](C)c1cccnc1. The molecule has 4 heteroatoms. The van der Waals surface area contributed by atoms with Gasteiger partial charge in [-0.25, -0.2) is 0 Å². The van der Waals surface area contributed by atoms with Crippen molar-refractivity contribution in [2.75, 3.05) is 0 Å². The van der Waals surface area contributed by atoms with Crippen LogP contribution in [0.25, 0.3) is 0 Å². The van der Waals surface area contributed by atoms with E-state index in [-0.39, 0.29) is 23.5 Å². The zero-order chi connectivity index (χ0) is 14.5. The van der Waals surface area contributed by atoms with E-state index < -0.39 is 0 Å². The molecule has 2 N–H and O–H groups in total. The van der Waals surface area contributed by atoms with Gasteiger partial charge in [-0.05, 0) is 45.7 Å². The number of nitrogens with zero attached hydrogens (tertiary/aromatic N) is 1. The van der Waals surface area contributed by atoms with E-state index >= 15 is 0 Å². The molecular weight excluding hydrogens is 238 g/mol. The first-order valence-corrected chi connectivity index (χ1v) is 6.83. The quantitative estimate of drug-likeness (QED) is 0.829. The number of carbonyl (C=O) groups is 1. The summed E-state index contributed by atoms with van der Waals surface area (Å²) >= 11 is 0. The molecule has 2 atom stereocenters. The number of carbonyl (C=O) groups excluding carboxylic acids is 1. The summed E-state index contributed by atoms with van der Waals surface area (Å²) in [6, 6.07) is 3.77. The lowest BCUT2D eigenvalue weighted by atomic mass is 10.0. The van der Waals surface area contributed by atoms with E-state index in [4.69, 9.17) is 0 Å². The van der Waals surface area contributed by atoms with Crippen LogP contribution in [-0.2, 0) is 4.79 Å². The van der Waals surface area contributed by atoms with Gasteiger partial charge in [0.05, 0.1) is 6.04 Å². The molecule has 1 amide bonds. The van der Waals surface area contributed by atoms with Crippen molar-refractivity contribution in [2.24, 2.45) is 0 Å². The van der Waals surface area contributed by atoms with Gasteiger partial charge in [-0.1, -0.05) is 13.0 Å². The van der Waals surface area contributed by atoms with E-state index in [0.717, 1.165) is 12.0 Å². The second-order valence-corrected chi connectivity index (χ2v) is 5.62. The van der Waals surface area contributed by atoms with Crippen LogP contribution in [0, 0.1) is 0 Å². The Bertz CT molecular complexity index is 403. The first-order chi connectivity index (χ1) is 8.85. The number of hydrogen-bond acceptors (Lipinski definition) is 3. The molecule has 0 aliphatic rings. The molecule has 0 fully saturated rings. The molecule has 0 aliphatic heterocycles. The fraction of sp³-hybridized carbons (Fsp3) is 0.600. The van der Waals surface area contributed by atoms with Crippen molar-refractivity contribution < 1.29 is 4.79 Å². The van der Waals surface area contributed by atoms with Crippen LogP contribution in [0.5, 0.6) is 0 Å². The van der Waals surface area contributed by atoms with Crippen LogP contribution in [0.1, 0.15) is 52.6 Å². The Balaban J connectivity index is 2.55. The monoisotopic (exact) mass is 263 g/mol. The third kappa shape index (κ3) is 4.99.